The lowest BCUT2D eigenvalue weighted by molar-refractivity contribution is 0.443. The van der Waals surface area contributed by atoms with Gasteiger partial charge >= 0.3 is 0 Å². The van der Waals surface area contributed by atoms with Gasteiger partial charge < -0.3 is 10.6 Å². The average molecular weight is 476 g/mol. The van der Waals surface area contributed by atoms with Crippen molar-refractivity contribution in [2.45, 2.75) is 46.7 Å². The van der Waals surface area contributed by atoms with Crippen LogP contribution in [0.4, 0.5) is 0 Å². The number of rotatable bonds is 8. The summed E-state index contributed by atoms with van der Waals surface area (Å²) in [7, 11) is 0. The number of aromatic nitrogens is 3. The van der Waals surface area contributed by atoms with E-state index in [1.807, 2.05) is 23.1 Å². The van der Waals surface area contributed by atoms with Gasteiger partial charge in [-0.3, -0.25) is 4.68 Å². The molecule has 2 heterocycles. The van der Waals surface area contributed by atoms with Crippen molar-refractivity contribution < 1.29 is 0 Å². The fourth-order valence-corrected chi connectivity index (χ4v) is 3.09. The second-order valence-corrected chi connectivity index (χ2v) is 7.17. The molecule has 2 aromatic rings. The first kappa shape index (κ1) is 21.9. The molecule has 0 amide bonds. The van der Waals surface area contributed by atoms with Crippen LogP contribution in [0.3, 0.4) is 0 Å². The minimum Gasteiger partial charge on any atom is -0.357 e. The van der Waals surface area contributed by atoms with E-state index in [9.17, 15) is 0 Å². The molecule has 0 radical (unpaired) electrons. The Hall–Kier alpha value is -1.16. The second kappa shape index (κ2) is 11.5. The topological polar surface area (TPSA) is 67.1 Å². The minimum atomic E-state index is 0. The molecule has 25 heavy (non-hydrogen) atoms. The first-order chi connectivity index (χ1) is 11.6. The first-order valence-corrected chi connectivity index (χ1v) is 9.40. The lowest BCUT2D eigenvalue weighted by Crippen LogP contribution is -2.40. The van der Waals surface area contributed by atoms with Crippen LogP contribution in [0.5, 0.6) is 0 Å². The van der Waals surface area contributed by atoms with Crippen molar-refractivity contribution in [3.8, 4) is 0 Å². The van der Waals surface area contributed by atoms with E-state index in [1.54, 1.807) is 11.3 Å². The number of halogens is 1. The van der Waals surface area contributed by atoms with Crippen molar-refractivity contribution in [3.05, 3.63) is 34.5 Å². The van der Waals surface area contributed by atoms with Crippen molar-refractivity contribution in [3.63, 3.8) is 0 Å². The summed E-state index contributed by atoms with van der Waals surface area (Å²) in [5.41, 5.74) is 1.15. The summed E-state index contributed by atoms with van der Waals surface area (Å²) in [4.78, 5) is 9.28. The van der Waals surface area contributed by atoms with Crippen LogP contribution >= 0.6 is 35.3 Å². The predicted molar refractivity (Wildman–Crippen MR) is 116 cm³/mol. The number of thiazole rings is 1. The molecule has 0 aliphatic carbocycles. The van der Waals surface area contributed by atoms with Crippen molar-refractivity contribution in [2.75, 3.05) is 13.1 Å². The van der Waals surface area contributed by atoms with Crippen LogP contribution in [0.2, 0.25) is 0 Å². The van der Waals surface area contributed by atoms with Crippen molar-refractivity contribution in [2.24, 2.45) is 10.9 Å². The van der Waals surface area contributed by atoms with E-state index < -0.39 is 0 Å². The van der Waals surface area contributed by atoms with Gasteiger partial charge in [0.1, 0.15) is 5.01 Å². The Balaban J connectivity index is 0.00000312. The monoisotopic (exact) mass is 476 g/mol. The van der Waals surface area contributed by atoms with Gasteiger partial charge in [-0.2, -0.15) is 5.10 Å². The third kappa shape index (κ3) is 7.72. The molecule has 140 valence electrons. The van der Waals surface area contributed by atoms with Crippen LogP contribution in [0.25, 0.3) is 0 Å². The Kier molecular flexibility index (Phi) is 10.0. The zero-order chi connectivity index (χ0) is 17.4. The Bertz CT molecular complexity index is 623. The summed E-state index contributed by atoms with van der Waals surface area (Å²) < 4.78 is 1.96. The molecule has 0 saturated heterocycles. The summed E-state index contributed by atoms with van der Waals surface area (Å²) in [5, 5.41) is 14.1. The number of nitrogens with one attached hydrogen (secondary N) is 2. The fourth-order valence-electron chi connectivity index (χ4n) is 2.21. The van der Waals surface area contributed by atoms with E-state index in [-0.39, 0.29) is 24.0 Å². The summed E-state index contributed by atoms with van der Waals surface area (Å²) in [6, 6.07) is 1.95. The lowest BCUT2D eigenvalue weighted by Gasteiger charge is -2.15. The SMILES string of the molecule is CCNC(=NCc1nc(C(C)C)cs1)NCC(C)Cn1cccn1.I. The summed E-state index contributed by atoms with van der Waals surface area (Å²) >= 11 is 1.68. The van der Waals surface area contributed by atoms with Crippen LogP contribution in [-0.2, 0) is 13.1 Å². The van der Waals surface area contributed by atoms with Crippen LogP contribution in [0, 0.1) is 5.92 Å². The second-order valence-electron chi connectivity index (χ2n) is 6.23. The van der Waals surface area contributed by atoms with Crippen LogP contribution < -0.4 is 10.6 Å². The molecule has 0 aromatic carbocycles. The third-order valence-electron chi connectivity index (χ3n) is 3.55. The smallest absolute Gasteiger partial charge is 0.191 e. The predicted octanol–water partition coefficient (Wildman–Crippen LogP) is 3.47. The molecule has 0 aliphatic rings. The maximum Gasteiger partial charge on any atom is 0.191 e. The van der Waals surface area contributed by atoms with Crippen LogP contribution in [0.1, 0.15) is 44.3 Å². The molecule has 0 fully saturated rings. The normalized spacial score (nSPS) is 12.8. The first-order valence-electron chi connectivity index (χ1n) is 8.52. The fraction of sp³-hybridized carbons (Fsp3) is 0.588. The molecule has 1 atom stereocenters. The molecule has 0 spiro atoms. The molecule has 0 saturated carbocycles. The molecule has 8 heteroatoms. The molecule has 0 aliphatic heterocycles. The van der Waals surface area contributed by atoms with E-state index in [0.717, 1.165) is 36.3 Å². The van der Waals surface area contributed by atoms with E-state index in [0.29, 0.717) is 18.4 Å². The molecule has 2 N–H and O–H groups in total. The molecular weight excluding hydrogens is 447 g/mol. The highest BCUT2D eigenvalue weighted by molar-refractivity contribution is 14.0. The molecule has 0 bridgehead atoms. The third-order valence-corrected chi connectivity index (χ3v) is 4.41. The Morgan fingerprint density at radius 2 is 2.12 bits per heavy atom. The zero-order valence-electron chi connectivity index (χ0n) is 15.4. The van der Waals surface area contributed by atoms with Gasteiger partial charge in [0.25, 0.3) is 0 Å². The summed E-state index contributed by atoms with van der Waals surface area (Å²) in [6.07, 6.45) is 3.80. The molecular formula is C17H29IN6S. The van der Waals surface area contributed by atoms with Gasteiger partial charge in [0, 0.05) is 37.4 Å². The van der Waals surface area contributed by atoms with Gasteiger partial charge in [-0.05, 0) is 24.8 Å². The Morgan fingerprint density at radius 1 is 1.32 bits per heavy atom. The highest BCUT2D eigenvalue weighted by Gasteiger charge is 2.07. The number of hydrogen-bond acceptors (Lipinski definition) is 4. The van der Waals surface area contributed by atoms with E-state index in [2.05, 4.69) is 58.8 Å². The quantitative estimate of drug-likeness (QED) is 0.348. The Morgan fingerprint density at radius 3 is 2.72 bits per heavy atom. The van der Waals surface area contributed by atoms with Gasteiger partial charge in [-0.1, -0.05) is 20.8 Å². The van der Waals surface area contributed by atoms with Gasteiger partial charge in [0.15, 0.2) is 5.96 Å². The van der Waals surface area contributed by atoms with Gasteiger partial charge in [-0.25, -0.2) is 9.98 Å². The molecule has 6 nitrogen and oxygen atoms in total. The van der Waals surface area contributed by atoms with Crippen molar-refractivity contribution in [1.29, 1.82) is 0 Å². The number of hydrogen-bond donors (Lipinski definition) is 2. The molecule has 1 unspecified atom stereocenters. The largest absolute Gasteiger partial charge is 0.357 e. The zero-order valence-corrected chi connectivity index (χ0v) is 18.5. The number of nitrogens with zero attached hydrogens (tertiary/aromatic N) is 4. The Labute approximate surface area is 171 Å². The lowest BCUT2D eigenvalue weighted by atomic mass is 10.2. The van der Waals surface area contributed by atoms with Crippen molar-refractivity contribution >= 4 is 41.3 Å². The van der Waals surface area contributed by atoms with Crippen LogP contribution in [-0.4, -0.2) is 33.8 Å². The number of guanidine groups is 1. The van der Waals surface area contributed by atoms with Crippen molar-refractivity contribution in [1.82, 2.24) is 25.4 Å². The average Bonchev–Trinajstić information content (AvgIpc) is 3.21. The van der Waals surface area contributed by atoms with Gasteiger partial charge in [-0.15, -0.1) is 35.3 Å². The highest BCUT2D eigenvalue weighted by atomic mass is 127. The maximum atomic E-state index is 4.65. The minimum absolute atomic E-state index is 0. The van der Waals surface area contributed by atoms with E-state index in [4.69, 9.17) is 0 Å². The van der Waals surface area contributed by atoms with Gasteiger partial charge in [0.05, 0.1) is 12.2 Å². The summed E-state index contributed by atoms with van der Waals surface area (Å²) in [5.74, 6) is 1.76. The molecule has 2 aromatic heterocycles. The van der Waals surface area contributed by atoms with E-state index >= 15 is 0 Å². The maximum absolute atomic E-state index is 4.65. The summed E-state index contributed by atoms with van der Waals surface area (Å²) in [6.45, 7) is 11.8. The number of aliphatic imine (C=N–C) groups is 1. The van der Waals surface area contributed by atoms with E-state index in [1.165, 1.54) is 0 Å². The standard InChI is InChI=1S/C17H28N6S.HI/c1-5-18-17(19-9-14(4)11-23-8-6-7-21-23)20-10-16-22-15(12-24-16)13(2)3;/h6-8,12-14H,5,9-11H2,1-4H3,(H2,18,19,20);1H. The van der Waals surface area contributed by atoms with Gasteiger partial charge in [0.2, 0.25) is 0 Å². The van der Waals surface area contributed by atoms with Crippen LogP contribution in [0.15, 0.2) is 28.8 Å². The highest BCUT2D eigenvalue weighted by Crippen LogP contribution is 2.18. The molecule has 2 rings (SSSR count).